The molecule has 4 rings (SSSR count). The number of hydrogen-bond donors (Lipinski definition) is 2. The van der Waals surface area contributed by atoms with Crippen LogP contribution in [-0.2, 0) is 9.53 Å². The fourth-order valence-corrected chi connectivity index (χ4v) is 8.09. The molecule has 4 atom stereocenters. The topological polar surface area (TPSA) is 70.7 Å². The molecule has 2 N–H and O–H groups in total. The zero-order chi connectivity index (χ0) is 25.4. The van der Waals surface area contributed by atoms with Crippen molar-refractivity contribution in [3.05, 3.63) is 30.3 Å². The van der Waals surface area contributed by atoms with E-state index >= 15 is 0 Å². The van der Waals surface area contributed by atoms with E-state index in [0.717, 1.165) is 42.9 Å². The minimum Gasteiger partial charge on any atom is -0.444 e. The van der Waals surface area contributed by atoms with Gasteiger partial charge < -0.3 is 20.3 Å². The minimum absolute atomic E-state index is 0.0279. The molecule has 1 aliphatic heterocycles. The molecule has 8 heteroatoms. The Kier molecular flexibility index (Phi) is 7.45. The van der Waals surface area contributed by atoms with E-state index in [1.54, 1.807) is 0 Å². The second-order valence-corrected chi connectivity index (χ2v) is 13.3. The lowest BCUT2D eigenvalue weighted by molar-refractivity contribution is -0.127. The van der Waals surface area contributed by atoms with E-state index in [1.807, 2.05) is 67.8 Å². The maximum absolute atomic E-state index is 13.1. The average Bonchev–Trinajstić information content (AvgIpc) is 3.32. The van der Waals surface area contributed by atoms with Gasteiger partial charge in [0.1, 0.15) is 11.4 Å². The van der Waals surface area contributed by atoms with E-state index in [9.17, 15) is 9.59 Å². The van der Waals surface area contributed by atoms with Gasteiger partial charge in [0.25, 0.3) is 0 Å². The molecule has 2 bridgehead atoms. The predicted octanol–water partition coefficient (Wildman–Crippen LogP) is 5.48. The first-order valence-corrected chi connectivity index (χ1v) is 14.2. The predicted molar refractivity (Wildman–Crippen MR) is 147 cm³/mol. The van der Waals surface area contributed by atoms with Crippen molar-refractivity contribution in [2.45, 2.75) is 78.0 Å². The molecule has 0 aromatic heterocycles. The van der Waals surface area contributed by atoms with Crippen molar-refractivity contribution in [2.75, 3.05) is 23.4 Å². The Morgan fingerprint density at radius 1 is 1.26 bits per heavy atom. The standard InChI is InChI=1S/C27H39N3O3S2/c1-25(2,3)33-24(32)30-15-20(29-23(34)28-19-9-7-6-8-10-19)14-21(30)16-35-17-27-12-11-18(13-22(27)31)26(27,4)5/h6-10,18,20-21H,11-17H2,1-5H3,(H2,28,29,34)/t18-,20+,21+,27-/m1/s1. The van der Waals surface area contributed by atoms with Gasteiger partial charge in [-0.3, -0.25) is 4.79 Å². The first-order chi connectivity index (χ1) is 16.4. The van der Waals surface area contributed by atoms with Crippen molar-refractivity contribution in [3.63, 3.8) is 0 Å². The Balaban J connectivity index is 1.39. The van der Waals surface area contributed by atoms with Gasteiger partial charge in [0.05, 0.1) is 0 Å². The van der Waals surface area contributed by atoms with Crippen LogP contribution < -0.4 is 10.6 Å². The summed E-state index contributed by atoms with van der Waals surface area (Å²) in [6, 6.07) is 9.88. The fraction of sp³-hybridized carbons (Fsp3) is 0.667. The van der Waals surface area contributed by atoms with E-state index in [2.05, 4.69) is 24.5 Å². The van der Waals surface area contributed by atoms with Crippen molar-refractivity contribution in [1.29, 1.82) is 0 Å². The molecule has 35 heavy (non-hydrogen) atoms. The van der Waals surface area contributed by atoms with E-state index in [0.29, 0.717) is 23.4 Å². The number of hydrogen-bond acceptors (Lipinski definition) is 5. The molecule has 0 unspecified atom stereocenters. The van der Waals surface area contributed by atoms with Gasteiger partial charge in [-0.05, 0) is 75.7 Å². The van der Waals surface area contributed by atoms with Crippen LogP contribution in [0, 0.1) is 16.7 Å². The maximum Gasteiger partial charge on any atom is 0.410 e. The molecule has 1 saturated heterocycles. The number of benzene rings is 1. The third kappa shape index (κ3) is 5.48. The van der Waals surface area contributed by atoms with Crippen LogP contribution >= 0.6 is 24.0 Å². The van der Waals surface area contributed by atoms with Crippen LogP contribution in [0.3, 0.4) is 0 Å². The highest BCUT2D eigenvalue weighted by molar-refractivity contribution is 7.99. The van der Waals surface area contributed by atoms with Crippen molar-refractivity contribution >= 4 is 46.7 Å². The lowest BCUT2D eigenvalue weighted by Crippen LogP contribution is -2.43. The summed E-state index contributed by atoms with van der Waals surface area (Å²) in [6.07, 6.45) is 3.39. The van der Waals surface area contributed by atoms with E-state index in [1.165, 1.54) is 0 Å². The van der Waals surface area contributed by atoms with Gasteiger partial charge in [-0.25, -0.2) is 4.79 Å². The number of para-hydroxylation sites is 1. The number of rotatable bonds is 6. The highest BCUT2D eigenvalue weighted by Gasteiger charge is 2.63. The second kappa shape index (κ2) is 9.92. The number of nitrogens with one attached hydrogen (secondary N) is 2. The third-order valence-electron chi connectivity index (χ3n) is 8.21. The first kappa shape index (κ1) is 26.3. The average molecular weight is 518 g/mol. The smallest absolute Gasteiger partial charge is 0.410 e. The van der Waals surface area contributed by atoms with E-state index in [-0.39, 0.29) is 29.0 Å². The van der Waals surface area contributed by atoms with E-state index < -0.39 is 5.60 Å². The number of carbonyl (C=O) groups excluding carboxylic acids is 2. The molecule has 6 nitrogen and oxygen atoms in total. The zero-order valence-electron chi connectivity index (χ0n) is 21.6. The quantitative estimate of drug-likeness (QED) is 0.484. The van der Waals surface area contributed by atoms with Crippen LogP contribution in [0.5, 0.6) is 0 Å². The van der Waals surface area contributed by atoms with Crippen LogP contribution in [0.4, 0.5) is 10.5 Å². The van der Waals surface area contributed by atoms with E-state index in [4.69, 9.17) is 17.0 Å². The molecule has 1 aromatic rings. The summed E-state index contributed by atoms with van der Waals surface area (Å²) in [7, 11) is 0. The SMILES string of the molecule is CC(C)(C)OC(=O)N1C[C@@H](NC(=S)Nc2ccccc2)C[C@H]1CSC[C@]12CC[C@H](CC1=O)C2(C)C. The summed E-state index contributed by atoms with van der Waals surface area (Å²) in [5, 5.41) is 7.16. The Morgan fingerprint density at radius 3 is 2.57 bits per heavy atom. The number of anilines is 1. The van der Waals surface area contributed by atoms with Crippen molar-refractivity contribution in [1.82, 2.24) is 10.2 Å². The normalized spacial score (nSPS) is 29.3. The number of ether oxygens (including phenoxy) is 1. The molecule has 192 valence electrons. The number of nitrogens with zero attached hydrogens (tertiary/aromatic N) is 1. The van der Waals surface area contributed by atoms with Gasteiger partial charge >= 0.3 is 6.09 Å². The van der Waals surface area contributed by atoms with Crippen LogP contribution in [0.2, 0.25) is 0 Å². The Bertz CT molecular complexity index is 962. The van der Waals surface area contributed by atoms with Crippen molar-refractivity contribution in [3.8, 4) is 0 Å². The number of carbonyl (C=O) groups is 2. The molecular formula is C27H39N3O3S2. The van der Waals surface area contributed by atoms with Gasteiger partial charge in [0.2, 0.25) is 0 Å². The summed E-state index contributed by atoms with van der Waals surface area (Å²) < 4.78 is 5.73. The molecule has 1 heterocycles. The van der Waals surface area contributed by atoms with Crippen LogP contribution in [0.15, 0.2) is 30.3 Å². The van der Waals surface area contributed by atoms with Gasteiger partial charge in [-0.1, -0.05) is 32.0 Å². The molecule has 0 spiro atoms. The number of thioether (sulfide) groups is 1. The summed E-state index contributed by atoms with van der Waals surface area (Å²) in [5.41, 5.74) is 0.230. The molecule has 0 radical (unpaired) electrons. The Labute approximate surface area is 219 Å². The highest BCUT2D eigenvalue weighted by Crippen LogP contribution is 2.64. The number of amides is 1. The molecular weight excluding hydrogens is 478 g/mol. The molecule has 3 fully saturated rings. The van der Waals surface area contributed by atoms with Gasteiger partial charge in [0, 0.05) is 47.7 Å². The molecule has 3 aliphatic rings. The van der Waals surface area contributed by atoms with Crippen molar-refractivity contribution in [2.24, 2.45) is 16.7 Å². The molecule has 2 saturated carbocycles. The largest absolute Gasteiger partial charge is 0.444 e. The number of thiocarbonyl (C=S) groups is 1. The second-order valence-electron chi connectivity index (χ2n) is 11.9. The van der Waals surface area contributed by atoms with Gasteiger partial charge in [0.15, 0.2) is 5.11 Å². The Hall–Kier alpha value is -1.80. The molecule has 1 amide bonds. The summed E-state index contributed by atoms with van der Waals surface area (Å²) in [6.45, 7) is 10.8. The lowest BCUT2D eigenvalue weighted by atomic mass is 9.70. The molecule has 1 aromatic carbocycles. The first-order valence-electron chi connectivity index (χ1n) is 12.6. The van der Waals surface area contributed by atoms with Gasteiger partial charge in [-0.2, -0.15) is 11.8 Å². The minimum atomic E-state index is -0.553. The fourth-order valence-electron chi connectivity index (χ4n) is 6.07. The monoisotopic (exact) mass is 517 g/mol. The highest BCUT2D eigenvalue weighted by atomic mass is 32.2. The van der Waals surface area contributed by atoms with Gasteiger partial charge in [-0.15, -0.1) is 0 Å². The maximum atomic E-state index is 13.1. The Morgan fingerprint density at radius 2 is 1.97 bits per heavy atom. The van der Waals surface area contributed by atoms with Crippen LogP contribution in [0.1, 0.15) is 60.3 Å². The number of likely N-dealkylation sites (tertiary alicyclic amines) is 1. The summed E-state index contributed by atoms with van der Waals surface area (Å²) in [5.74, 6) is 2.58. The summed E-state index contributed by atoms with van der Waals surface area (Å²) >= 11 is 7.36. The van der Waals surface area contributed by atoms with Crippen LogP contribution in [0.25, 0.3) is 0 Å². The lowest BCUT2D eigenvalue weighted by Gasteiger charge is -2.37. The summed E-state index contributed by atoms with van der Waals surface area (Å²) in [4.78, 5) is 27.8. The molecule has 2 aliphatic carbocycles. The zero-order valence-corrected chi connectivity index (χ0v) is 23.2. The van der Waals surface area contributed by atoms with Crippen molar-refractivity contribution < 1.29 is 14.3 Å². The third-order valence-corrected chi connectivity index (χ3v) is 9.74. The number of fused-ring (bicyclic) bond motifs is 2. The van der Waals surface area contributed by atoms with Crippen LogP contribution in [-0.4, -0.2) is 57.6 Å². The number of Topliss-reactive ketones (excluding diaryl/α,β-unsaturated/α-hetero) is 1. The number of ketones is 1.